The average molecular weight is 552 g/mol. The van der Waals surface area contributed by atoms with E-state index < -0.39 is 17.6 Å². The van der Waals surface area contributed by atoms with Crippen LogP contribution >= 0.6 is 0 Å². The molecule has 0 spiro atoms. The van der Waals surface area contributed by atoms with E-state index in [0.717, 1.165) is 24.2 Å². The van der Waals surface area contributed by atoms with E-state index in [2.05, 4.69) is 20.3 Å². The van der Waals surface area contributed by atoms with Gasteiger partial charge in [-0.15, -0.1) is 5.10 Å². The van der Waals surface area contributed by atoms with Crippen molar-refractivity contribution in [1.29, 1.82) is 0 Å². The summed E-state index contributed by atoms with van der Waals surface area (Å²) in [6.45, 7) is 4.12. The molecule has 8 nitrogen and oxygen atoms in total. The van der Waals surface area contributed by atoms with Crippen LogP contribution in [-0.2, 0) is 15.7 Å². The number of alkyl halides is 3. The molecule has 12 heteroatoms. The van der Waals surface area contributed by atoms with Gasteiger partial charge in [-0.3, -0.25) is 9.59 Å². The molecule has 0 unspecified atom stereocenters. The lowest BCUT2D eigenvalue weighted by atomic mass is 9.99. The number of halogens is 4. The highest BCUT2D eigenvalue weighted by Crippen LogP contribution is 2.33. The summed E-state index contributed by atoms with van der Waals surface area (Å²) in [5, 5.41) is 10.8. The molecule has 2 atom stereocenters. The van der Waals surface area contributed by atoms with Crippen molar-refractivity contribution in [3.63, 3.8) is 0 Å². The van der Waals surface area contributed by atoms with E-state index in [0.29, 0.717) is 18.1 Å². The Bertz CT molecular complexity index is 1260. The second kappa shape index (κ2) is 13.2. The van der Waals surface area contributed by atoms with Crippen LogP contribution in [0.4, 0.5) is 23.2 Å². The molecule has 210 valence electrons. The SMILES string of the molecule is CC[C@H](C)[C@@H](COc1nnc(-c2ccc(C(F)(F)F)cc2F)o1)Nc1ccc(C(=O)CCCC(=O)OC)cc1. The molecule has 3 rings (SSSR count). The second-order valence-electron chi connectivity index (χ2n) is 8.94. The molecular weight excluding hydrogens is 522 g/mol. The summed E-state index contributed by atoms with van der Waals surface area (Å²) in [6.07, 6.45) is -3.31. The van der Waals surface area contributed by atoms with Crippen LogP contribution in [-0.4, -0.2) is 41.7 Å². The summed E-state index contributed by atoms with van der Waals surface area (Å²) in [7, 11) is 1.30. The van der Waals surface area contributed by atoms with E-state index in [1.807, 2.05) is 13.8 Å². The van der Waals surface area contributed by atoms with Crippen LogP contribution in [0.3, 0.4) is 0 Å². The number of ketones is 1. The minimum atomic E-state index is -4.68. The molecule has 1 aromatic heterocycles. The number of aromatic nitrogens is 2. The van der Waals surface area contributed by atoms with E-state index in [1.165, 1.54) is 7.11 Å². The third-order valence-corrected chi connectivity index (χ3v) is 6.22. The van der Waals surface area contributed by atoms with Crippen molar-refractivity contribution in [3.05, 3.63) is 59.4 Å². The first-order valence-corrected chi connectivity index (χ1v) is 12.3. The van der Waals surface area contributed by atoms with Crippen LogP contribution < -0.4 is 10.1 Å². The number of hydrogen-bond acceptors (Lipinski definition) is 8. The number of nitrogens with one attached hydrogen (secondary N) is 1. The molecule has 0 saturated heterocycles. The van der Waals surface area contributed by atoms with Crippen LogP contribution in [0.5, 0.6) is 6.08 Å². The predicted molar refractivity (Wildman–Crippen MR) is 134 cm³/mol. The fourth-order valence-corrected chi connectivity index (χ4v) is 3.64. The summed E-state index contributed by atoms with van der Waals surface area (Å²) < 4.78 is 68.2. The van der Waals surface area contributed by atoms with Gasteiger partial charge in [0.2, 0.25) is 0 Å². The van der Waals surface area contributed by atoms with Gasteiger partial charge in [0.15, 0.2) is 5.78 Å². The molecule has 1 N–H and O–H groups in total. The standard InChI is InChI=1S/C27H29F4N3O5/c1-4-16(2)22(32-19-11-8-17(9-12-19)23(35)6-5-7-24(36)37-3)15-38-26-34-33-25(39-26)20-13-10-18(14-21(20)28)27(29,30)31/h8-14,16,22,32H,4-7,15H2,1-3H3/t16-,22+/m0/s1. The van der Waals surface area contributed by atoms with Gasteiger partial charge >= 0.3 is 18.2 Å². The molecule has 0 amide bonds. The zero-order valence-corrected chi connectivity index (χ0v) is 21.7. The fourth-order valence-electron chi connectivity index (χ4n) is 3.64. The molecule has 0 aliphatic carbocycles. The minimum absolute atomic E-state index is 0.0797. The van der Waals surface area contributed by atoms with Gasteiger partial charge < -0.3 is 19.2 Å². The number of benzene rings is 2. The molecule has 1 heterocycles. The van der Waals surface area contributed by atoms with Crippen LogP contribution in [0.15, 0.2) is 46.9 Å². The Morgan fingerprint density at radius 1 is 1.08 bits per heavy atom. The Morgan fingerprint density at radius 3 is 2.41 bits per heavy atom. The van der Waals surface area contributed by atoms with Gasteiger partial charge in [0.05, 0.1) is 24.3 Å². The van der Waals surface area contributed by atoms with Crippen molar-refractivity contribution in [1.82, 2.24) is 10.2 Å². The third kappa shape index (κ3) is 8.26. The summed E-state index contributed by atoms with van der Waals surface area (Å²) in [5.74, 6) is -1.76. The number of anilines is 1. The number of hydrogen-bond donors (Lipinski definition) is 1. The largest absolute Gasteiger partial charge is 0.469 e. The van der Waals surface area contributed by atoms with Crippen LogP contribution in [0.2, 0.25) is 0 Å². The molecular formula is C27H29F4N3O5. The molecule has 39 heavy (non-hydrogen) atoms. The van der Waals surface area contributed by atoms with Gasteiger partial charge in [-0.2, -0.15) is 13.2 Å². The molecule has 0 saturated carbocycles. The van der Waals surface area contributed by atoms with Crippen molar-refractivity contribution >= 4 is 17.4 Å². The number of nitrogens with zero attached hydrogens (tertiary/aromatic N) is 2. The van der Waals surface area contributed by atoms with Gasteiger partial charge in [0.1, 0.15) is 12.4 Å². The number of Topliss-reactive ketones (excluding diaryl/α,β-unsaturated/α-hetero) is 1. The van der Waals surface area contributed by atoms with Gasteiger partial charge in [0.25, 0.3) is 5.89 Å². The summed E-state index contributed by atoms with van der Waals surface area (Å²) in [4.78, 5) is 23.6. The zero-order chi connectivity index (χ0) is 28.6. The van der Waals surface area contributed by atoms with E-state index in [9.17, 15) is 27.2 Å². The molecule has 3 aromatic rings. The fraction of sp³-hybridized carbons (Fsp3) is 0.407. The van der Waals surface area contributed by atoms with E-state index in [4.69, 9.17) is 9.15 Å². The first-order valence-electron chi connectivity index (χ1n) is 12.3. The van der Waals surface area contributed by atoms with Crippen molar-refractivity contribution in [3.8, 4) is 17.5 Å². The topological polar surface area (TPSA) is 104 Å². The lowest BCUT2D eigenvalue weighted by Crippen LogP contribution is -2.33. The Labute approximate surface area is 222 Å². The number of carbonyl (C=O) groups excluding carboxylic acids is 2. The van der Waals surface area contributed by atoms with Crippen LogP contribution in [0, 0.1) is 11.7 Å². The Kier molecular flexibility index (Phi) is 10.0. The minimum Gasteiger partial charge on any atom is -0.469 e. The van der Waals surface area contributed by atoms with Crippen LogP contribution in [0.1, 0.15) is 55.5 Å². The van der Waals surface area contributed by atoms with Crippen molar-refractivity contribution in [2.75, 3.05) is 19.0 Å². The van der Waals surface area contributed by atoms with Crippen molar-refractivity contribution < 1.29 is 41.0 Å². The second-order valence-corrected chi connectivity index (χ2v) is 8.94. The van der Waals surface area contributed by atoms with E-state index >= 15 is 0 Å². The quantitative estimate of drug-likeness (QED) is 0.149. The van der Waals surface area contributed by atoms with Gasteiger partial charge in [-0.1, -0.05) is 25.4 Å². The van der Waals surface area contributed by atoms with Gasteiger partial charge in [-0.25, -0.2) is 4.39 Å². The molecule has 0 fully saturated rings. The molecule has 0 aliphatic rings. The molecule has 0 radical (unpaired) electrons. The third-order valence-electron chi connectivity index (χ3n) is 6.22. The van der Waals surface area contributed by atoms with Gasteiger partial charge in [-0.05, 0) is 54.8 Å². The smallest absolute Gasteiger partial charge is 0.416 e. The summed E-state index contributed by atoms with van der Waals surface area (Å²) in [6, 6.07) is 8.72. The first kappa shape index (κ1) is 29.6. The normalized spacial score (nSPS) is 13.0. The van der Waals surface area contributed by atoms with Crippen molar-refractivity contribution in [2.24, 2.45) is 5.92 Å². The highest BCUT2D eigenvalue weighted by Gasteiger charge is 2.31. The maximum Gasteiger partial charge on any atom is 0.416 e. The number of methoxy groups -OCH3 is 1. The monoisotopic (exact) mass is 551 g/mol. The van der Waals surface area contributed by atoms with E-state index in [-0.39, 0.29) is 60.7 Å². The number of esters is 1. The lowest BCUT2D eigenvalue weighted by molar-refractivity contribution is -0.140. The van der Waals surface area contributed by atoms with E-state index in [1.54, 1.807) is 24.3 Å². The molecule has 0 bridgehead atoms. The Morgan fingerprint density at radius 2 is 1.79 bits per heavy atom. The summed E-state index contributed by atoms with van der Waals surface area (Å²) in [5.41, 5.74) is -0.135. The maximum absolute atomic E-state index is 14.3. The molecule has 2 aromatic carbocycles. The number of carbonyl (C=O) groups is 2. The van der Waals surface area contributed by atoms with Crippen LogP contribution in [0.25, 0.3) is 11.5 Å². The lowest BCUT2D eigenvalue weighted by Gasteiger charge is -2.24. The predicted octanol–water partition coefficient (Wildman–Crippen LogP) is 6.33. The number of ether oxygens (including phenoxy) is 2. The Balaban J connectivity index is 1.61. The number of rotatable bonds is 13. The Hall–Kier alpha value is -3.96. The first-order chi connectivity index (χ1) is 18.5. The van der Waals surface area contributed by atoms with Crippen molar-refractivity contribution in [2.45, 2.75) is 51.7 Å². The highest BCUT2D eigenvalue weighted by atomic mass is 19.4. The maximum atomic E-state index is 14.3. The highest BCUT2D eigenvalue weighted by molar-refractivity contribution is 5.96. The average Bonchev–Trinajstić information content (AvgIpc) is 3.38. The summed E-state index contributed by atoms with van der Waals surface area (Å²) >= 11 is 0. The molecule has 0 aliphatic heterocycles. The van der Waals surface area contributed by atoms with Gasteiger partial charge in [0, 0.05) is 24.1 Å². The zero-order valence-electron chi connectivity index (χ0n) is 21.7.